The molecule has 2 aromatic heterocycles. The third-order valence-corrected chi connectivity index (χ3v) is 2.85. The summed E-state index contributed by atoms with van der Waals surface area (Å²) >= 11 is 0. The zero-order valence-electron chi connectivity index (χ0n) is 12.4. The molecule has 0 aromatic carbocycles. The van der Waals surface area contributed by atoms with Gasteiger partial charge >= 0.3 is 0 Å². The normalized spacial score (nSPS) is 9.50. The first-order valence-corrected chi connectivity index (χ1v) is 6.73. The van der Waals surface area contributed by atoms with Gasteiger partial charge in [-0.2, -0.15) is 0 Å². The van der Waals surface area contributed by atoms with Crippen molar-refractivity contribution < 1.29 is 9.21 Å². The van der Waals surface area contributed by atoms with Crippen molar-refractivity contribution in [2.75, 3.05) is 18.4 Å². The monoisotopic (exact) mass is 296 g/mol. The molecule has 0 saturated heterocycles. The summed E-state index contributed by atoms with van der Waals surface area (Å²) in [5, 5.41) is 5.69. The second kappa shape index (κ2) is 7.05. The zero-order valence-corrected chi connectivity index (χ0v) is 12.4. The van der Waals surface area contributed by atoms with E-state index < -0.39 is 0 Å². The van der Waals surface area contributed by atoms with E-state index in [0.29, 0.717) is 23.9 Å². The summed E-state index contributed by atoms with van der Waals surface area (Å²) in [7, 11) is 1.73. The van der Waals surface area contributed by atoms with E-state index in [9.17, 15) is 4.79 Å². The minimum Gasteiger partial charge on any atom is -0.471 e. The van der Waals surface area contributed by atoms with Gasteiger partial charge in [0.2, 0.25) is 0 Å². The zero-order chi connectivity index (χ0) is 15.9. The standard InChI is InChI=1S/C16H16N4O2/c1-4-9-18-16(21)14-15(17-5-2)19-13(20(14)3)7-6-12-8-10-22-11-12/h1,8,10-11,17H,5,9H2,2-3H3,(H,18,21). The van der Waals surface area contributed by atoms with Gasteiger partial charge in [-0.15, -0.1) is 6.42 Å². The number of rotatable bonds is 4. The van der Waals surface area contributed by atoms with Crippen LogP contribution in [-0.4, -0.2) is 28.5 Å². The van der Waals surface area contributed by atoms with E-state index in [1.807, 2.05) is 6.92 Å². The number of carbonyl (C=O) groups excluding carboxylic acids is 1. The molecule has 2 aromatic rings. The molecule has 0 aliphatic rings. The summed E-state index contributed by atoms with van der Waals surface area (Å²) in [6.45, 7) is 2.72. The molecule has 112 valence electrons. The fourth-order valence-electron chi connectivity index (χ4n) is 1.84. The number of amides is 1. The Morgan fingerprint density at radius 3 is 2.95 bits per heavy atom. The van der Waals surface area contributed by atoms with Crippen molar-refractivity contribution in [2.45, 2.75) is 6.92 Å². The molecule has 0 bridgehead atoms. The maximum Gasteiger partial charge on any atom is 0.272 e. The molecule has 2 heterocycles. The topological polar surface area (TPSA) is 72.1 Å². The van der Waals surface area contributed by atoms with Crippen molar-refractivity contribution in [3.8, 4) is 24.2 Å². The fourth-order valence-corrected chi connectivity index (χ4v) is 1.84. The molecule has 0 saturated carbocycles. The number of carbonyl (C=O) groups is 1. The van der Waals surface area contributed by atoms with Gasteiger partial charge in [0.05, 0.1) is 18.4 Å². The lowest BCUT2D eigenvalue weighted by Crippen LogP contribution is -2.26. The van der Waals surface area contributed by atoms with Crippen molar-refractivity contribution in [2.24, 2.45) is 7.05 Å². The molecule has 1 amide bonds. The van der Waals surface area contributed by atoms with Crippen molar-refractivity contribution in [3.05, 3.63) is 35.7 Å². The highest BCUT2D eigenvalue weighted by Gasteiger charge is 2.19. The Morgan fingerprint density at radius 2 is 2.32 bits per heavy atom. The van der Waals surface area contributed by atoms with Crippen LogP contribution in [0.2, 0.25) is 0 Å². The maximum atomic E-state index is 12.2. The molecule has 0 radical (unpaired) electrons. The lowest BCUT2D eigenvalue weighted by molar-refractivity contribution is 0.0951. The average molecular weight is 296 g/mol. The summed E-state index contributed by atoms with van der Waals surface area (Å²) in [5.41, 5.74) is 1.14. The number of terminal acetylenes is 1. The molecule has 0 atom stereocenters. The molecule has 6 nitrogen and oxygen atoms in total. The summed E-state index contributed by atoms with van der Waals surface area (Å²) in [5.74, 6) is 8.89. The maximum absolute atomic E-state index is 12.2. The highest BCUT2D eigenvalue weighted by Crippen LogP contribution is 2.15. The molecule has 0 unspecified atom stereocenters. The van der Waals surface area contributed by atoms with Gasteiger partial charge in [-0.25, -0.2) is 4.98 Å². The van der Waals surface area contributed by atoms with Crippen LogP contribution in [0.4, 0.5) is 5.82 Å². The first-order valence-electron chi connectivity index (χ1n) is 6.73. The Bertz CT molecular complexity index is 755. The Hall–Kier alpha value is -3.12. The molecular weight excluding hydrogens is 280 g/mol. The highest BCUT2D eigenvalue weighted by atomic mass is 16.3. The number of hydrogen-bond donors (Lipinski definition) is 2. The van der Waals surface area contributed by atoms with Crippen LogP contribution >= 0.6 is 0 Å². The van der Waals surface area contributed by atoms with Crippen LogP contribution in [0.25, 0.3) is 0 Å². The van der Waals surface area contributed by atoms with Crippen molar-refractivity contribution in [1.82, 2.24) is 14.9 Å². The van der Waals surface area contributed by atoms with E-state index in [2.05, 4.69) is 33.4 Å². The molecule has 0 aliphatic carbocycles. The smallest absolute Gasteiger partial charge is 0.272 e. The van der Waals surface area contributed by atoms with Crippen molar-refractivity contribution >= 4 is 11.7 Å². The van der Waals surface area contributed by atoms with E-state index in [4.69, 9.17) is 10.8 Å². The Morgan fingerprint density at radius 1 is 1.50 bits per heavy atom. The van der Waals surface area contributed by atoms with Gasteiger partial charge in [0, 0.05) is 13.6 Å². The summed E-state index contributed by atoms with van der Waals surface area (Å²) in [4.78, 5) is 16.6. The first-order chi connectivity index (χ1) is 10.7. The van der Waals surface area contributed by atoms with Crippen LogP contribution in [0.5, 0.6) is 0 Å². The largest absolute Gasteiger partial charge is 0.471 e. The van der Waals surface area contributed by atoms with E-state index >= 15 is 0 Å². The summed E-state index contributed by atoms with van der Waals surface area (Å²) in [6, 6.07) is 1.75. The van der Waals surface area contributed by atoms with Crippen molar-refractivity contribution in [1.29, 1.82) is 0 Å². The lowest BCUT2D eigenvalue weighted by atomic mass is 10.3. The van der Waals surface area contributed by atoms with E-state index in [1.165, 1.54) is 0 Å². The van der Waals surface area contributed by atoms with Gasteiger partial charge in [0.1, 0.15) is 6.26 Å². The minimum absolute atomic E-state index is 0.158. The molecule has 22 heavy (non-hydrogen) atoms. The number of anilines is 1. The second-order valence-electron chi connectivity index (χ2n) is 4.37. The van der Waals surface area contributed by atoms with Crippen LogP contribution in [0.3, 0.4) is 0 Å². The van der Waals surface area contributed by atoms with Crippen LogP contribution in [0.1, 0.15) is 28.8 Å². The Kier molecular flexibility index (Phi) is 4.89. The van der Waals surface area contributed by atoms with Gasteiger partial charge in [-0.3, -0.25) is 4.79 Å². The average Bonchev–Trinajstić information content (AvgIpc) is 3.11. The molecule has 0 fully saturated rings. The predicted molar refractivity (Wildman–Crippen MR) is 83.2 cm³/mol. The molecule has 6 heteroatoms. The van der Waals surface area contributed by atoms with Crippen LogP contribution in [-0.2, 0) is 7.05 Å². The first kappa shape index (κ1) is 15.3. The molecule has 0 spiro atoms. The Labute approximate surface area is 128 Å². The molecular formula is C16H16N4O2. The summed E-state index contributed by atoms with van der Waals surface area (Å²) in [6.07, 6.45) is 8.25. The lowest BCUT2D eigenvalue weighted by Gasteiger charge is -2.06. The van der Waals surface area contributed by atoms with Crippen LogP contribution in [0.15, 0.2) is 23.0 Å². The number of imidazole rings is 1. The van der Waals surface area contributed by atoms with E-state index in [-0.39, 0.29) is 12.5 Å². The van der Waals surface area contributed by atoms with Gasteiger partial charge in [0.25, 0.3) is 5.91 Å². The predicted octanol–water partition coefficient (Wildman–Crippen LogP) is 1.21. The second-order valence-corrected chi connectivity index (χ2v) is 4.37. The van der Waals surface area contributed by atoms with Gasteiger partial charge in [-0.1, -0.05) is 11.8 Å². The highest BCUT2D eigenvalue weighted by molar-refractivity contribution is 5.97. The van der Waals surface area contributed by atoms with Crippen LogP contribution in [0, 0.1) is 24.2 Å². The van der Waals surface area contributed by atoms with Gasteiger partial charge in [0.15, 0.2) is 17.3 Å². The van der Waals surface area contributed by atoms with E-state index in [1.54, 1.807) is 30.2 Å². The number of hydrogen-bond acceptors (Lipinski definition) is 4. The fraction of sp³-hybridized carbons (Fsp3) is 0.250. The number of nitrogens with one attached hydrogen (secondary N) is 2. The third-order valence-electron chi connectivity index (χ3n) is 2.85. The van der Waals surface area contributed by atoms with E-state index in [0.717, 1.165) is 5.56 Å². The minimum atomic E-state index is -0.291. The molecule has 0 aliphatic heterocycles. The number of aromatic nitrogens is 2. The summed E-state index contributed by atoms with van der Waals surface area (Å²) < 4.78 is 6.59. The number of furan rings is 1. The number of nitrogens with zero attached hydrogens (tertiary/aromatic N) is 2. The molecule has 2 N–H and O–H groups in total. The Balaban J connectivity index is 2.36. The van der Waals surface area contributed by atoms with Crippen molar-refractivity contribution in [3.63, 3.8) is 0 Å². The van der Waals surface area contributed by atoms with Gasteiger partial charge in [-0.05, 0) is 18.9 Å². The van der Waals surface area contributed by atoms with Gasteiger partial charge < -0.3 is 19.6 Å². The quantitative estimate of drug-likeness (QED) is 0.832. The third kappa shape index (κ3) is 3.31. The molecule has 2 rings (SSSR count). The SMILES string of the molecule is C#CCNC(=O)c1c(NCC)nc(C#Cc2ccoc2)n1C. The van der Waals surface area contributed by atoms with Crippen LogP contribution < -0.4 is 10.6 Å².